The fraction of sp³-hybridized carbons (Fsp3) is 0.0217. The molecule has 0 atom stereocenters. The Kier molecular flexibility index (Phi) is 6.53. The summed E-state index contributed by atoms with van der Waals surface area (Å²) >= 11 is 0. The first-order valence-corrected chi connectivity index (χ1v) is 17.0. The summed E-state index contributed by atoms with van der Waals surface area (Å²) in [5.74, 6) is 2.02. The molecule has 0 spiro atoms. The molecule has 0 aliphatic heterocycles. The lowest BCUT2D eigenvalue weighted by molar-refractivity contribution is 1.07. The van der Waals surface area contributed by atoms with Crippen molar-refractivity contribution in [3.05, 3.63) is 181 Å². The monoisotopic (exact) mass is 638 g/mol. The molecule has 9 aromatic rings. The lowest BCUT2D eigenvalue weighted by Gasteiger charge is -2.13. The minimum atomic E-state index is 0.669. The van der Waals surface area contributed by atoms with E-state index in [-0.39, 0.29) is 0 Å². The van der Waals surface area contributed by atoms with Gasteiger partial charge in [0.2, 0.25) is 0 Å². The van der Waals surface area contributed by atoms with Crippen molar-refractivity contribution in [2.24, 2.45) is 0 Å². The average Bonchev–Trinajstić information content (AvgIpc) is 3.74. The molecule has 0 fully saturated rings. The molecule has 0 N–H and O–H groups in total. The molecule has 4 heteroatoms. The third-order valence-corrected chi connectivity index (χ3v) is 9.87. The Balaban J connectivity index is 1.13. The Morgan fingerprint density at radius 3 is 1.72 bits per heavy atom. The highest BCUT2D eigenvalue weighted by molar-refractivity contribution is 6.10. The van der Waals surface area contributed by atoms with Crippen LogP contribution in [0.5, 0.6) is 0 Å². The van der Waals surface area contributed by atoms with Crippen LogP contribution in [0, 0.1) is 0 Å². The van der Waals surface area contributed by atoms with Gasteiger partial charge in [0.15, 0.2) is 17.5 Å². The number of benzene rings is 7. The van der Waals surface area contributed by atoms with E-state index >= 15 is 0 Å². The van der Waals surface area contributed by atoms with E-state index in [0.717, 1.165) is 28.8 Å². The SMILES string of the molecule is c1ccc(-c2nc(-c3ccccc3)nc(-c3cccc4c3-c3cc(-c5ccc6c(c5)c5ccccc5n6-c5ccccc5)ccc3C4)n2)cc1. The lowest BCUT2D eigenvalue weighted by Crippen LogP contribution is -2.01. The molecule has 0 saturated heterocycles. The molecule has 4 nitrogen and oxygen atoms in total. The quantitative estimate of drug-likeness (QED) is 0.188. The van der Waals surface area contributed by atoms with Crippen LogP contribution in [0.3, 0.4) is 0 Å². The van der Waals surface area contributed by atoms with E-state index in [1.54, 1.807) is 0 Å². The largest absolute Gasteiger partial charge is 0.309 e. The molecule has 0 bridgehead atoms. The smallest absolute Gasteiger partial charge is 0.164 e. The molecule has 0 amide bonds. The zero-order valence-corrected chi connectivity index (χ0v) is 27.2. The van der Waals surface area contributed by atoms with E-state index in [9.17, 15) is 0 Å². The summed E-state index contributed by atoms with van der Waals surface area (Å²) in [7, 11) is 0. The minimum Gasteiger partial charge on any atom is -0.309 e. The van der Waals surface area contributed by atoms with Gasteiger partial charge in [-0.3, -0.25) is 0 Å². The van der Waals surface area contributed by atoms with E-state index in [4.69, 9.17) is 15.0 Å². The Morgan fingerprint density at radius 1 is 0.380 bits per heavy atom. The highest BCUT2D eigenvalue weighted by atomic mass is 15.0. The van der Waals surface area contributed by atoms with E-state index < -0.39 is 0 Å². The lowest BCUT2D eigenvalue weighted by atomic mass is 9.95. The van der Waals surface area contributed by atoms with Gasteiger partial charge in [0, 0.05) is 33.2 Å². The van der Waals surface area contributed by atoms with Crippen molar-refractivity contribution in [2.75, 3.05) is 0 Å². The van der Waals surface area contributed by atoms with Crippen molar-refractivity contribution in [1.82, 2.24) is 19.5 Å². The molecule has 1 aliphatic carbocycles. The van der Waals surface area contributed by atoms with Crippen molar-refractivity contribution in [3.8, 4) is 62.1 Å². The maximum Gasteiger partial charge on any atom is 0.164 e. The van der Waals surface area contributed by atoms with Crippen molar-refractivity contribution in [2.45, 2.75) is 6.42 Å². The van der Waals surface area contributed by atoms with E-state index in [0.29, 0.717) is 17.5 Å². The van der Waals surface area contributed by atoms with Crippen LogP contribution < -0.4 is 0 Å². The van der Waals surface area contributed by atoms with Gasteiger partial charge >= 0.3 is 0 Å². The summed E-state index contributed by atoms with van der Waals surface area (Å²) in [6.07, 6.45) is 0.880. The first kappa shape index (κ1) is 28.4. The standard InChI is InChI=1S/C46H30N4/c1-4-13-30(14-5-1)44-47-45(31-15-6-2-7-16-31)49-46(48-44)38-21-12-17-35-27-34-24-23-32(28-39(34)43(35)38)33-25-26-42-40(29-33)37-20-10-11-22-41(37)50(42)36-18-8-3-9-19-36/h1-26,28-29H,27H2. The predicted octanol–water partition coefficient (Wildman–Crippen LogP) is 11.2. The van der Waals surface area contributed by atoms with Gasteiger partial charge in [0.1, 0.15) is 0 Å². The summed E-state index contributed by atoms with van der Waals surface area (Å²) in [5, 5.41) is 2.50. The first-order valence-electron chi connectivity index (χ1n) is 17.0. The second-order valence-corrected chi connectivity index (χ2v) is 12.8. The Hall–Kier alpha value is -6.65. The second-order valence-electron chi connectivity index (χ2n) is 12.8. The Labute approximate surface area is 290 Å². The fourth-order valence-electron chi connectivity index (χ4n) is 7.54. The maximum atomic E-state index is 5.10. The second kappa shape index (κ2) is 11.5. The van der Waals surface area contributed by atoms with Gasteiger partial charge in [-0.25, -0.2) is 15.0 Å². The van der Waals surface area contributed by atoms with Gasteiger partial charge in [0.25, 0.3) is 0 Å². The summed E-state index contributed by atoms with van der Waals surface area (Å²) in [4.78, 5) is 15.1. The number of para-hydroxylation sites is 2. The zero-order valence-electron chi connectivity index (χ0n) is 27.2. The molecule has 234 valence electrons. The van der Waals surface area contributed by atoms with Crippen LogP contribution >= 0.6 is 0 Å². The normalized spacial score (nSPS) is 11.9. The topological polar surface area (TPSA) is 43.6 Å². The highest BCUT2D eigenvalue weighted by Crippen LogP contribution is 2.45. The van der Waals surface area contributed by atoms with Crippen molar-refractivity contribution in [1.29, 1.82) is 0 Å². The molecule has 1 aliphatic rings. The first-order chi connectivity index (χ1) is 24.8. The van der Waals surface area contributed by atoms with Gasteiger partial charge in [-0.1, -0.05) is 133 Å². The number of nitrogens with zero attached hydrogens (tertiary/aromatic N) is 4. The van der Waals surface area contributed by atoms with Crippen molar-refractivity contribution in [3.63, 3.8) is 0 Å². The number of aromatic nitrogens is 4. The predicted molar refractivity (Wildman–Crippen MR) is 204 cm³/mol. The number of rotatable bonds is 5. The molecule has 7 aromatic carbocycles. The van der Waals surface area contributed by atoms with Crippen LogP contribution in [0.4, 0.5) is 0 Å². The molecule has 0 saturated carbocycles. The van der Waals surface area contributed by atoms with E-state index in [1.165, 1.54) is 55.2 Å². The Bertz CT molecular complexity index is 2660. The van der Waals surface area contributed by atoms with Crippen LogP contribution in [0.2, 0.25) is 0 Å². The molecule has 0 unspecified atom stereocenters. The van der Waals surface area contributed by atoms with Gasteiger partial charge in [-0.15, -0.1) is 0 Å². The van der Waals surface area contributed by atoms with Crippen LogP contribution in [-0.2, 0) is 6.42 Å². The fourth-order valence-corrected chi connectivity index (χ4v) is 7.54. The van der Waals surface area contributed by atoms with Gasteiger partial charge in [-0.05, 0) is 76.2 Å². The third-order valence-electron chi connectivity index (χ3n) is 9.87. The van der Waals surface area contributed by atoms with Crippen molar-refractivity contribution >= 4 is 21.8 Å². The van der Waals surface area contributed by atoms with Crippen LogP contribution in [-0.4, -0.2) is 19.5 Å². The summed E-state index contributed by atoms with van der Waals surface area (Å²) in [5.41, 5.74) is 14.0. The Morgan fingerprint density at radius 2 is 0.980 bits per heavy atom. The average molecular weight is 639 g/mol. The molecule has 10 rings (SSSR count). The van der Waals surface area contributed by atoms with Crippen LogP contribution in [0.25, 0.3) is 83.9 Å². The number of hydrogen-bond donors (Lipinski definition) is 0. The maximum absolute atomic E-state index is 5.10. The van der Waals surface area contributed by atoms with Crippen LogP contribution in [0.1, 0.15) is 11.1 Å². The molecular formula is C46H30N4. The molecule has 2 aromatic heterocycles. The van der Waals surface area contributed by atoms with Crippen LogP contribution in [0.15, 0.2) is 170 Å². The molecule has 2 heterocycles. The van der Waals surface area contributed by atoms with E-state index in [2.05, 4.69) is 138 Å². The minimum absolute atomic E-state index is 0.669. The number of fused-ring (bicyclic) bond motifs is 6. The van der Waals surface area contributed by atoms with Crippen molar-refractivity contribution < 1.29 is 0 Å². The summed E-state index contributed by atoms with van der Waals surface area (Å²) in [6, 6.07) is 60.0. The zero-order chi connectivity index (χ0) is 33.0. The summed E-state index contributed by atoms with van der Waals surface area (Å²) in [6.45, 7) is 0. The summed E-state index contributed by atoms with van der Waals surface area (Å²) < 4.78 is 2.36. The van der Waals surface area contributed by atoms with Gasteiger partial charge < -0.3 is 4.57 Å². The third kappa shape index (κ3) is 4.65. The van der Waals surface area contributed by atoms with E-state index in [1.807, 2.05) is 36.4 Å². The molecule has 0 radical (unpaired) electrons. The molecule has 50 heavy (non-hydrogen) atoms. The molecular weight excluding hydrogens is 609 g/mol. The highest BCUT2D eigenvalue weighted by Gasteiger charge is 2.25. The van der Waals surface area contributed by atoms with Gasteiger partial charge in [0.05, 0.1) is 11.0 Å². The van der Waals surface area contributed by atoms with Gasteiger partial charge in [-0.2, -0.15) is 0 Å². The number of hydrogen-bond acceptors (Lipinski definition) is 3.